The molecule has 2 atom stereocenters. The van der Waals surface area contributed by atoms with Crippen molar-refractivity contribution in [1.82, 2.24) is 0 Å². The topological polar surface area (TPSA) is 246 Å². The van der Waals surface area contributed by atoms with Crippen LogP contribution < -0.4 is 41.4 Å². The lowest BCUT2D eigenvalue weighted by Gasteiger charge is -2.33. The van der Waals surface area contributed by atoms with Gasteiger partial charge in [-0.3, -0.25) is 14.4 Å². The molecule has 0 fully saturated rings. The van der Waals surface area contributed by atoms with Gasteiger partial charge in [0.2, 0.25) is 0 Å². The fraction of sp³-hybridized carbons (Fsp3) is 0.0238. The summed E-state index contributed by atoms with van der Waals surface area (Å²) in [4.78, 5) is 57.2. The first kappa shape index (κ1) is 44.2. The smallest absolute Gasteiger partial charge is 0.460 e. The number of aryl methyl sites for hydroxylation is 1. The van der Waals surface area contributed by atoms with E-state index in [1.807, 2.05) is 6.92 Å². The van der Waals surface area contributed by atoms with Crippen LogP contribution >= 0.6 is 23.0 Å². The van der Waals surface area contributed by atoms with Gasteiger partial charge < -0.3 is 51.6 Å². The Morgan fingerprint density at radius 2 is 0.578 bits per heavy atom. The number of aromatic carboxylic acids is 2. The Labute approximate surface area is 363 Å². The van der Waals surface area contributed by atoms with Crippen molar-refractivity contribution in [3.8, 4) is 51.7 Å². The molecule has 22 heteroatoms. The predicted molar refractivity (Wildman–Crippen MR) is 229 cm³/mol. The Bertz CT molecular complexity index is 2780. The third kappa shape index (κ3) is 11.2. The predicted octanol–water partition coefficient (Wildman–Crippen LogP) is 10.6. The van der Waals surface area contributed by atoms with E-state index in [1.165, 1.54) is 121 Å². The lowest BCUT2D eigenvalue weighted by molar-refractivity contribution is -0.121. The first-order chi connectivity index (χ1) is 30.9. The largest absolute Gasteiger partial charge is 0.478 e. The quantitative estimate of drug-likeness (QED) is 0.0534. The number of hydrogen-bond acceptors (Lipinski definition) is 17. The monoisotopic (exact) mass is 927 g/mol. The highest BCUT2D eigenvalue weighted by Gasteiger charge is 2.49. The van der Waals surface area contributed by atoms with Crippen molar-refractivity contribution in [2.45, 2.75) is 6.92 Å². The molecule has 2 unspecified atom stereocenters. The van der Waals surface area contributed by atoms with Crippen molar-refractivity contribution in [2.75, 3.05) is 0 Å². The highest BCUT2D eigenvalue weighted by Crippen LogP contribution is 2.78. The van der Waals surface area contributed by atoms with E-state index >= 15 is 0 Å². The van der Waals surface area contributed by atoms with Gasteiger partial charge >= 0.3 is 34.9 Å². The number of rotatable bonds is 20. The van der Waals surface area contributed by atoms with Gasteiger partial charge in [-0.05, 0) is 140 Å². The third-order valence-corrected chi connectivity index (χ3v) is 16.4. The number of benzene rings is 6. The minimum Gasteiger partial charge on any atom is -0.478 e. The van der Waals surface area contributed by atoms with Gasteiger partial charge in [0.05, 0.1) is 11.1 Å². The Morgan fingerprint density at radius 1 is 0.375 bits per heavy atom. The number of ether oxygens (including phenoxy) is 3. The van der Waals surface area contributed by atoms with Crippen molar-refractivity contribution in [2.24, 2.45) is 13.5 Å². The van der Waals surface area contributed by atoms with Gasteiger partial charge in [-0.25, -0.2) is 9.59 Å². The van der Waals surface area contributed by atoms with E-state index < -0.39 is 34.9 Å². The van der Waals surface area contributed by atoms with Gasteiger partial charge in [-0.15, -0.1) is 0 Å². The normalized spacial score (nSPS) is 17.0. The molecule has 6 aromatic rings. The number of carbonyl (C=O) groups excluding carboxylic acids is 3. The SMILES string of the molecule is Cc1ccc(OP2(Oc3ccc(C(=O)O)cc3)=NP(Oc3ccc(OC=O)cc3)(Oc3ccc(C(=O)O)cc3)=NP(Oc3ccc(OC=O)cc3)(Oc3ccc(OC=O)cc3)=N2)cc1. The highest BCUT2D eigenvalue weighted by atomic mass is 31.3. The second kappa shape index (κ2) is 19.5. The van der Waals surface area contributed by atoms with Gasteiger partial charge in [0.1, 0.15) is 51.7 Å². The molecule has 0 aliphatic carbocycles. The number of carbonyl (C=O) groups is 5. The van der Waals surface area contributed by atoms with E-state index in [9.17, 15) is 34.2 Å². The summed E-state index contributed by atoms with van der Waals surface area (Å²) in [6.07, 6.45) is 0. The van der Waals surface area contributed by atoms with Crippen molar-refractivity contribution in [1.29, 1.82) is 0 Å². The fourth-order valence-electron chi connectivity index (χ4n) is 5.40. The molecule has 7 rings (SSSR count). The molecule has 0 spiro atoms. The third-order valence-electron chi connectivity index (χ3n) is 8.27. The molecule has 0 bridgehead atoms. The van der Waals surface area contributed by atoms with Crippen LogP contribution in [0.1, 0.15) is 26.3 Å². The summed E-state index contributed by atoms with van der Waals surface area (Å²) in [5.41, 5.74) is 0.731. The zero-order valence-electron chi connectivity index (χ0n) is 32.9. The maximum Gasteiger partial charge on any atom is 0.460 e. The number of carboxylic acid groups (broad SMARTS) is 2. The molecule has 326 valence electrons. The van der Waals surface area contributed by atoms with Crippen molar-refractivity contribution >= 4 is 54.3 Å². The molecule has 0 saturated heterocycles. The molecule has 1 aliphatic heterocycles. The average molecular weight is 928 g/mol. The summed E-state index contributed by atoms with van der Waals surface area (Å²) in [6, 6.07) is 34.5. The lowest BCUT2D eigenvalue weighted by atomic mass is 10.2. The molecule has 1 aliphatic rings. The van der Waals surface area contributed by atoms with Gasteiger partial charge in [0.15, 0.2) is 0 Å². The molecule has 0 radical (unpaired) electrons. The maximum atomic E-state index is 11.9. The molecule has 0 aromatic heterocycles. The van der Waals surface area contributed by atoms with Gasteiger partial charge in [-0.1, -0.05) is 31.2 Å². The Kier molecular flexibility index (Phi) is 13.5. The van der Waals surface area contributed by atoms with Crippen LogP contribution in [-0.4, -0.2) is 41.6 Å². The van der Waals surface area contributed by atoms with E-state index in [1.54, 1.807) is 24.3 Å². The minimum atomic E-state index is -4.51. The second-order valence-electron chi connectivity index (χ2n) is 12.8. The standard InChI is InChI=1S/C42H32N3O16P3/c1-29-2-8-35(9-3-29)56-62(57-36-10-4-30(5-11-36)41(49)50)43-63(58-37-12-6-31(7-13-37)42(51)52,59-38-20-14-32(15-21-38)53-26-46)45-64(44-62,60-39-22-16-33(17-23-39)54-27-47)61-40-24-18-34(19-25-40)55-28-48/h2-28H,1H3,(H,49,50)(H,51,52). The molecule has 0 amide bonds. The number of nitrogens with zero attached hydrogens (tertiary/aromatic N) is 3. The molecule has 19 nitrogen and oxygen atoms in total. The summed E-state index contributed by atoms with van der Waals surface area (Å²) in [6.45, 7) is 2.59. The van der Waals surface area contributed by atoms with Crippen LogP contribution in [-0.2, 0) is 14.4 Å². The van der Waals surface area contributed by atoms with Gasteiger partial charge in [0, 0.05) is 0 Å². The van der Waals surface area contributed by atoms with E-state index in [0.717, 1.165) is 5.56 Å². The highest BCUT2D eigenvalue weighted by molar-refractivity contribution is 7.79. The van der Waals surface area contributed by atoms with Crippen LogP contribution in [0.5, 0.6) is 51.7 Å². The van der Waals surface area contributed by atoms with E-state index in [-0.39, 0.29) is 82.3 Å². The number of hydrogen-bond donors (Lipinski definition) is 2. The summed E-state index contributed by atoms with van der Waals surface area (Å²) in [7, 11) is -13.5. The summed E-state index contributed by atoms with van der Waals surface area (Å²) >= 11 is 0. The average Bonchev–Trinajstić information content (AvgIpc) is 3.27. The zero-order valence-corrected chi connectivity index (χ0v) is 35.6. The van der Waals surface area contributed by atoms with Crippen molar-refractivity contribution in [3.63, 3.8) is 0 Å². The number of carboxylic acids is 2. The Morgan fingerprint density at radius 3 is 0.797 bits per heavy atom. The van der Waals surface area contributed by atoms with Crippen molar-refractivity contribution < 1.29 is 75.5 Å². The zero-order chi connectivity index (χ0) is 45.2. The minimum absolute atomic E-state index is 0.00304. The summed E-state index contributed by atoms with van der Waals surface area (Å²) in [5, 5.41) is 19.4. The van der Waals surface area contributed by atoms with Crippen LogP contribution in [0.2, 0.25) is 0 Å². The van der Waals surface area contributed by atoms with E-state index in [2.05, 4.69) is 0 Å². The second-order valence-corrected chi connectivity index (χ2v) is 19.0. The first-order valence-corrected chi connectivity index (χ1v) is 22.9. The summed E-state index contributed by atoms with van der Waals surface area (Å²) in [5.74, 6) is -1.59. The fourth-order valence-corrected chi connectivity index (χ4v) is 14.5. The van der Waals surface area contributed by atoms with Crippen LogP contribution in [0.3, 0.4) is 0 Å². The molecule has 2 N–H and O–H groups in total. The Balaban J connectivity index is 1.56. The van der Waals surface area contributed by atoms with Crippen molar-refractivity contribution in [3.05, 3.63) is 162 Å². The molecule has 64 heavy (non-hydrogen) atoms. The molecular formula is C42H32N3O16P3. The van der Waals surface area contributed by atoms with Crippen LogP contribution in [0, 0.1) is 6.92 Å². The van der Waals surface area contributed by atoms with Crippen LogP contribution in [0.25, 0.3) is 0 Å². The van der Waals surface area contributed by atoms with Gasteiger partial charge in [0.25, 0.3) is 19.4 Å². The summed E-state index contributed by atoms with van der Waals surface area (Å²) < 4.78 is 70.0. The molecular weight excluding hydrogens is 895 g/mol. The molecule has 6 aromatic carbocycles. The molecule has 1 heterocycles. The van der Waals surface area contributed by atoms with Gasteiger partial charge in [-0.2, -0.15) is 0 Å². The Hall–Kier alpha value is -7.84. The lowest BCUT2D eigenvalue weighted by Crippen LogP contribution is -2.11. The first-order valence-electron chi connectivity index (χ1n) is 18.3. The van der Waals surface area contributed by atoms with Crippen LogP contribution in [0.15, 0.2) is 159 Å². The van der Waals surface area contributed by atoms with E-state index in [0.29, 0.717) is 0 Å². The molecule has 0 saturated carbocycles. The van der Waals surface area contributed by atoms with Crippen LogP contribution in [0.4, 0.5) is 0 Å². The maximum absolute atomic E-state index is 11.9. The van der Waals surface area contributed by atoms with E-state index in [4.69, 9.17) is 54.9 Å².